The van der Waals surface area contributed by atoms with Gasteiger partial charge in [0.25, 0.3) is 5.56 Å². The molecule has 0 spiro atoms. The van der Waals surface area contributed by atoms with Crippen molar-refractivity contribution >= 4 is 28.6 Å². The number of aryl methyl sites for hydroxylation is 1. The van der Waals surface area contributed by atoms with Crippen molar-refractivity contribution in [3.63, 3.8) is 0 Å². The monoisotopic (exact) mass is 403 g/mol. The maximum Gasteiger partial charge on any atom is 0.327 e. The zero-order chi connectivity index (χ0) is 20.1. The zero-order valence-corrected chi connectivity index (χ0v) is 16.4. The third-order valence-corrected chi connectivity index (χ3v) is 6.48. The highest BCUT2D eigenvalue weighted by Crippen LogP contribution is 2.44. The van der Waals surface area contributed by atoms with Crippen molar-refractivity contribution in [2.45, 2.75) is 18.0 Å². The molecule has 5 rings (SSSR count). The highest BCUT2D eigenvalue weighted by atomic mass is 32.2. The van der Waals surface area contributed by atoms with Gasteiger partial charge in [-0.1, -0.05) is 54.6 Å². The number of benzene rings is 2. The van der Waals surface area contributed by atoms with Gasteiger partial charge in [0.05, 0.1) is 5.03 Å². The molecule has 0 saturated carbocycles. The summed E-state index contributed by atoms with van der Waals surface area (Å²) < 4.78 is 1.40. The number of aromatic nitrogens is 3. The van der Waals surface area contributed by atoms with Crippen LogP contribution in [0.15, 0.2) is 64.4 Å². The minimum atomic E-state index is -1.00. The number of nitrogens with one attached hydrogen (secondary N) is 1. The number of carbonyl (C=O) groups is 1. The Morgan fingerprint density at radius 2 is 1.90 bits per heavy atom. The molecule has 0 aliphatic carbocycles. The molecule has 7 heteroatoms. The third-order valence-electron chi connectivity index (χ3n) is 5.32. The largest absolute Gasteiger partial charge is 0.480 e. The minimum Gasteiger partial charge on any atom is -0.480 e. The molecule has 3 heterocycles. The summed E-state index contributed by atoms with van der Waals surface area (Å²) in [5, 5.41) is 18.4. The molecule has 2 aromatic heterocycles. The van der Waals surface area contributed by atoms with E-state index in [9.17, 15) is 14.7 Å². The number of aromatic amines is 1. The lowest BCUT2D eigenvalue weighted by Crippen LogP contribution is -2.29. The molecule has 0 bridgehead atoms. The summed E-state index contributed by atoms with van der Waals surface area (Å²) in [5.74, 6) is -0.681. The number of aliphatic carboxylic acids is 1. The first-order valence-corrected chi connectivity index (χ1v) is 10.2. The number of rotatable bonds is 3. The Kier molecular flexibility index (Phi) is 4.06. The second kappa shape index (κ2) is 6.63. The van der Waals surface area contributed by atoms with E-state index in [1.54, 1.807) is 0 Å². The Hall–Kier alpha value is -3.32. The number of hydrogen-bond acceptors (Lipinski definition) is 4. The van der Waals surface area contributed by atoms with Crippen LogP contribution in [0.4, 0.5) is 0 Å². The van der Waals surface area contributed by atoms with E-state index < -0.39 is 12.0 Å². The summed E-state index contributed by atoms with van der Waals surface area (Å²) in [5.41, 5.74) is 4.46. The fourth-order valence-electron chi connectivity index (χ4n) is 3.93. The van der Waals surface area contributed by atoms with Gasteiger partial charge >= 0.3 is 5.97 Å². The standard InChI is InChI=1S/C22H17N3O3S/c1-12-7-5-6-10-14(12)18-17-16(13-8-3-2-4-9-13)21-25(15(11-29-21)22(27)28)20(26)19(17)24-23-18/h2-10,15H,11H2,1H3,(H,23,24)(H,27,28)/t15-/m0/s1. The highest BCUT2D eigenvalue weighted by molar-refractivity contribution is 7.99. The lowest BCUT2D eigenvalue weighted by atomic mass is 9.97. The van der Waals surface area contributed by atoms with E-state index in [0.717, 1.165) is 27.6 Å². The number of thioether (sulfide) groups is 1. The first kappa shape index (κ1) is 17.8. The van der Waals surface area contributed by atoms with E-state index in [1.165, 1.54) is 16.3 Å². The van der Waals surface area contributed by atoms with Crippen molar-refractivity contribution in [1.29, 1.82) is 0 Å². The lowest BCUT2D eigenvalue weighted by molar-refractivity contribution is -0.140. The SMILES string of the molecule is Cc1ccccc1-c1n[nH]c2c(=O)n3c(c(-c4ccccc4)c12)SC[C@H]3C(=O)O. The predicted molar refractivity (Wildman–Crippen MR) is 113 cm³/mol. The van der Waals surface area contributed by atoms with Gasteiger partial charge in [-0.25, -0.2) is 4.79 Å². The van der Waals surface area contributed by atoms with Crippen LogP contribution in [0.1, 0.15) is 11.6 Å². The molecule has 0 radical (unpaired) electrons. The van der Waals surface area contributed by atoms with Crippen molar-refractivity contribution < 1.29 is 9.90 Å². The van der Waals surface area contributed by atoms with Crippen LogP contribution in [0.5, 0.6) is 0 Å². The maximum absolute atomic E-state index is 13.3. The second-order valence-electron chi connectivity index (χ2n) is 7.02. The quantitative estimate of drug-likeness (QED) is 0.538. The average Bonchev–Trinajstić information content (AvgIpc) is 3.35. The van der Waals surface area contributed by atoms with Gasteiger partial charge in [0.2, 0.25) is 0 Å². The second-order valence-corrected chi connectivity index (χ2v) is 8.03. The van der Waals surface area contributed by atoms with Gasteiger partial charge in [-0.3, -0.25) is 14.5 Å². The molecule has 4 aromatic rings. The molecule has 0 unspecified atom stereocenters. The summed E-state index contributed by atoms with van der Waals surface area (Å²) in [6, 6.07) is 16.8. The Morgan fingerprint density at radius 1 is 1.17 bits per heavy atom. The number of hydrogen-bond donors (Lipinski definition) is 2. The highest BCUT2D eigenvalue weighted by Gasteiger charge is 2.35. The van der Waals surface area contributed by atoms with Gasteiger partial charge in [0.15, 0.2) is 0 Å². The molecule has 0 fully saturated rings. The zero-order valence-electron chi connectivity index (χ0n) is 15.5. The summed E-state index contributed by atoms with van der Waals surface area (Å²) in [6.45, 7) is 2.01. The van der Waals surface area contributed by atoms with Crippen molar-refractivity contribution in [3.05, 3.63) is 70.5 Å². The molecule has 1 atom stereocenters. The normalized spacial score (nSPS) is 15.6. The van der Waals surface area contributed by atoms with E-state index in [-0.39, 0.29) is 5.56 Å². The van der Waals surface area contributed by atoms with E-state index in [0.29, 0.717) is 22.0 Å². The number of nitrogens with zero attached hydrogens (tertiary/aromatic N) is 2. The maximum atomic E-state index is 13.3. The summed E-state index contributed by atoms with van der Waals surface area (Å²) in [4.78, 5) is 25.0. The first-order chi connectivity index (χ1) is 14.1. The topological polar surface area (TPSA) is 88.0 Å². The minimum absolute atomic E-state index is 0.324. The van der Waals surface area contributed by atoms with Crippen LogP contribution in [0.3, 0.4) is 0 Å². The Balaban J connectivity index is 1.95. The first-order valence-electron chi connectivity index (χ1n) is 9.21. The Morgan fingerprint density at radius 3 is 2.62 bits per heavy atom. The average molecular weight is 403 g/mol. The summed E-state index contributed by atoms with van der Waals surface area (Å²) >= 11 is 1.41. The molecular weight excluding hydrogens is 386 g/mol. The van der Waals surface area contributed by atoms with Crippen LogP contribution in [0.25, 0.3) is 33.3 Å². The summed E-state index contributed by atoms with van der Waals surface area (Å²) in [7, 11) is 0. The lowest BCUT2D eigenvalue weighted by Gasteiger charge is -2.15. The predicted octanol–water partition coefficient (Wildman–Crippen LogP) is 4.10. The molecule has 2 aromatic carbocycles. The van der Waals surface area contributed by atoms with E-state index >= 15 is 0 Å². The van der Waals surface area contributed by atoms with Gasteiger partial charge < -0.3 is 5.11 Å². The van der Waals surface area contributed by atoms with E-state index in [2.05, 4.69) is 10.2 Å². The van der Waals surface area contributed by atoms with Gasteiger partial charge in [0.1, 0.15) is 17.3 Å². The fourth-order valence-corrected chi connectivity index (χ4v) is 5.25. The van der Waals surface area contributed by atoms with Crippen molar-refractivity contribution in [2.75, 3.05) is 5.75 Å². The van der Waals surface area contributed by atoms with Crippen LogP contribution < -0.4 is 5.56 Å². The van der Waals surface area contributed by atoms with E-state index in [1.807, 2.05) is 61.5 Å². The number of fused-ring (bicyclic) bond motifs is 2. The molecule has 0 amide bonds. The van der Waals surface area contributed by atoms with Gasteiger partial charge in [0, 0.05) is 22.3 Å². The number of pyridine rings is 1. The molecule has 2 N–H and O–H groups in total. The molecule has 1 aliphatic rings. The summed E-state index contributed by atoms with van der Waals surface area (Å²) in [6.07, 6.45) is 0. The molecule has 144 valence electrons. The van der Waals surface area contributed by atoms with Crippen LogP contribution in [-0.4, -0.2) is 31.6 Å². The Bertz CT molecular complexity index is 1320. The number of H-pyrrole nitrogens is 1. The van der Waals surface area contributed by atoms with Gasteiger partial charge in [-0.05, 0) is 18.1 Å². The van der Waals surface area contributed by atoms with Gasteiger partial charge in [-0.2, -0.15) is 5.10 Å². The van der Waals surface area contributed by atoms with Gasteiger partial charge in [-0.15, -0.1) is 11.8 Å². The van der Waals surface area contributed by atoms with Crippen LogP contribution >= 0.6 is 11.8 Å². The van der Waals surface area contributed by atoms with Crippen LogP contribution in [0, 0.1) is 6.92 Å². The molecular formula is C22H17N3O3S. The fraction of sp³-hybridized carbons (Fsp3) is 0.136. The van der Waals surface area contributed by atoms with Crippen LogP contribution in [0.2, 0.25) is 0 Å². The van der Waals surface area contributed by atoms with Crippen molar-refractivity contribution in [3.8, 4) is 22.4 Å². The molecule has 0 saturated heterocycles. The van der Waals surface area contributed by atoms with Crippen molar-refractivity contribution in [1.82, 2.24) is 14.8 Å². The molecule has 6 nitrogen and oxygen atoms in total. The Labute approximate surface area is 170 Å². The third kappa shape index (κ3) is 2.61. The molecule has 29 heavy (non-hydrogen) atoms. The number of carboxylic acid groups (broad SMARTS) is 1. The number of carboxylic acids is 1. The smallest absolute Gasteiger partial charge is 0.327 e. The van der Waals surface area contributed by atoms with E-state index in [4.69, 9.17) is 0 Å². The molecule has 1 aliphatic heterocycles. The van der Waals surface area contributed by atoms with Crippen molar-refractivity contribution in [2.24, 2.45) is 0 Å². The van der Waals surface area contributed by atoms with Crippen LogP contribution in [-0.2, 0) is 4.79 Å².